The number of alkyl halides is 3. The van der Waals surface area contributed by atoms with Crippen LogP contribution >= 0.6 is 23.4 Å². The monoisotopic (exact) mass is 509 g/mol. The van der Waals surface area contributed by atoms with Gasteiger partial charge in [-0.25, -0.2) is 9.69 Å². The highest BCUT2D eigenvalue weighted by Gasteiger charge is 2.46. The number of carbonyl (C=O) groups is 2. The fraction of sp³-hybridized carbons (Fsp3) is 0.238. The van der Waals surface area contributed by atoms with Crippen LogP contribution in [0, 0.1) is 0 Å². The van der Waals surface area contributed by atoms with Gasteiger partial charge in [0, 0.05) is 20.9 Å². The summed E-state index contributed by atoms with van der Waals surface area (Å²) in [6.07, 6.45) is 0.911. The van der Waals surface area contributed by atoms with Gasteiger partial charge in [-0.3, -0.25) is 14.5 Å². The van der Waals surface area contributed by atoms with Gasteiger partial charge in [-0.05, 0) is 24.3 Å². The number of imide groups is 1. The number of halogens is 4. The Morgan fingerprint density at radius 2 is 2.03 bits per heavy atom. The summed E-state index contributed by atoms with van der Waals surface area (Å²) in [6.45, 7) is -1.32. The van der Waals surface area contributed by atoms with E-state index in [0.717, 1.165) is 9.58 Å². The molecule has 1 N–H and O–H groups in total. The maximum atomic E-state index is 13.4. The van der Waals surface area contributed by atoms with Crippen LogP contribution in [0.4, 0.5) is 23.7 Å². The van der Waals surface area contributed by atoms with Crippen molar-refractivity contribution < 1.29 is 27.5 Å². The zero-order valence-corrected chi connectivity index (χ0v) is 18.9. The topological polar surface area (TPSA) is 89.3 Å². The number of anilines is 1. The predicted molar refractivity (Wildman–Crippen MR) is 121 cm³/mol. The molecule has 2 aliphatic rings. The Morgan fingerprint density at radius 3 is 2.76 bits per heavy atom. The van der Waals surface area contributed by atoms with Crippen molar-refractivity contribution in [1.29, 1.82) is 0 Å². The summed E-state index contributed by atoms with van der Waals surface area (Å²) in [5.74, 6) is 0.0586. The number of carbonyl (C=O) groups excluding carboxylic acids is 2. The lowest BCUT2D eigenvalue weighted by Gasteiger charge is -2.33. The van der Waals surface area contributed by atoms with Gasteiger partial charge in [-0.1, -0.05) is 11.6 Å². The van der Waals surface area contributed by atoms with Gasteiger partial charge in [-0.2, -0.15) is 18.3 Å². The first-order chi connectivity index (χ1) is 16.2. The van der Waals surface area contributed by atoms with Gasteiger partial charge in [0.25, 0.3) is 5.91 Å². The molecule has 8 nitrogen and oxygen atoms in total. The number of methoxy groups -OCH3 is 1. The van der Waals surface area contributed by atoms with E-state index in [1.807, 2.05) is 0 Å². The number of fused-ring (bicyclic) bond motifs is 2. The van der Waals surface area contributed by atoms with Crippen molar-refractivity contribution in [3.05, 3.63) is 53.5 Å². The SMILES string of the molecule is COc1ccc(Cl)c(C2=CC3NC(=O)N(c4cncc5c4cnn5CC(F)(F)F)C(=O)C3S2)c1. The Balaban J connectivity index is 1.47. The van der Waals surface area contributed by atoms with Gasteiger partial charge < -0.3 is 10.1 Å². The van der Waals surface area contributed by atoms with Crippen molar-refractivity contribution in [1.82, 2.24) is 20.1 Å². The molecular weight excluding hydrogens is 495 g/mol. The number of aromatic nitrogens is 3. The Morgan fingerprint density at radius 1 is 1.24 bits per heavy atom. The van der Waals surface area contributed by atoms with Gasteiger partial charge in [0.15, 0.2) is 0 Å². The van der Waals surface area contributed by atoms with E-state index in [0.29, 0.717) is 21.2 Å². The highest BCUT2D eigenvalue weighted by atomic mass is 35.5. The summed E-state index contributed by atoms with van der Waals surface area (Å²) in [5, 5.41) is 6.51. The Bertz CT molecular complexity index is 1360. The fourth-order valence-electron chi connectivity index (χ4n) is 3.91. The van der Waals surface area contributed by atoms with Crippen molar-refractivity contribution in [3.8, 4) is 5.75 Å². The minimum atomic E-state index is -4.50. The minimum Gasteiger partial charge on any atom is -0.497 e. The van der Waals surface area contributed by atoms with E-state index in [2.05, 4.69) is 15.4 Å². The highest BCUT2D eigenvalue weighted by Crippen LogP contribution is 2.45. The van der Waals surface area contributed by atoms with E-state index in [-0.39, 0.29) is 16.6 Å². The molecule has 1 saturated heterocycles. The van der Waals surface area contributed by atoms with Crippen LogP contribution in [0.2, 0.25) is 5.02 Å². The first-order valence-electron chi connectivity index (χ1n) is 9.89. The number of benzene rings is 1. The van der Waals surface area contributed by atoms with Crippen molar-refractivity contribution in [2.45, 2.75) is 24.0 Å². The fourth-order valence-corrected chi connectivity index (χ4v) is 5.48. The number of pyridine rings is 1. The molecule has 3 aromatic rings. The maximum Gasteiger partial charge on any atom is 0.408 e. The highest BCUT2D eigenvalue weighted by molar-refractivity contribution is 8.09. The molecule has 0 spiro atoms. The number of ether oxygens (including phenoxy) is 1. The zero-order valence-electron chi connectivity index (χ0n) is 17.3. The zero-order chi connectivity index (χ0) is 24.2. The first kappa shape index (κ1) is 22.5. The molecule has 2 aliphatic heterocycles. The van der Waals surface area contributed by atoms with E-state index >= 15 is 0 Å². The molecule has 0 bridgehead atoms. The molecule has 2 aromatic heterocycles. The second-order valence-corrected chi connectivity index (χ2v) is 9.16. The van der Waals surface area contributed by atoms with Crippen LogP contribution in [-0.2, 0) is 11.3 Å². The lowest BCUT2D eigenvalue weighted by Crippen LogP contribution is -2.60. The molecule has 34 heavy (non-hydrogen) atoms. The van der Waals surface area contributed by atoms with Crippen molar-refractivity contribution in [3.63, 3.8) is 0 Å². The van der Waals surface area contributed by atoms with Crippen LogP contribution in [0.1, 0.15) is 5.56 Å². The number of thioether (sulfide) groups is 1. The second kappa shape index (κ2) is 8.20. The van der Waals surface area contributed by atoms with Gasteiger partial charge in [0.2, 0.25) is 0 Å². The van der Waals surface area contributed by atoms with E-state index in [1.54, 1.807) is 24.3 Å². The number of nitrogens with zero attached hydrogens (tertiary/aromatic N) is 4. The lowest BCUT2D eigenvalue weighted by atomic mass is 10.1. The molecule has 176 valence electrons. The van der Waals surface area contributed by atoms with E-state index in [4.69, 9.17) is 16.3 Å². The van der Waals surface area contributed by atoms with Crippen LogP contribution in [0.3, 0.4) is 0 Å². The molecule has 0 aliphatic carbocycles. The summed E-state index contributed by atoms with van der Waals surface area (Å²) in [5.41, 5.74) is 0.769. The summed E-state index contributed by atoms with van der Waals surface area (Å²) in [7, 11) is 1.52. The number of nitrogens with one attached hydrogen (secondary N) is 1. The number of urea groups is 1. The average molecular weight is 510 g/mol. The normalized spacial score (nSPS) is 20.4. The molecule has 0 radical (unpaired) electrons. The van der Waals surface area contributed by atoms with Crippen molar-refractivity contribution in [2.75, 3.05) is 12.0 Å². The van der Waals surface area contributed by atoms with Crippen LogP contribution in [0.15, 0.2) is 42.9 Å². The predicted octanol–water partition coefficient (Wildman–Crippen LogP) is 4.24. The second-order valence-electron chi connectivity index (χ2n) is 7.57. The molecule has 0 saturated carbocycles. The number of hydrogen-bond acceptors (Lipinski definition) is 6. The number of rotatable bonds is 4. The summed E-state index contributed by atoms with van der Waals surface area (Å²) < 4.78 is 44.7. The summed E-state index contributed by atoms with van der Waals surface area (Å²) in [4.78, 5) is 31.9. The first-order valence-corrected chi connectivity index (χ1v) is 11.1. The molecule has 2 atom stereocenters. The summed E-state index contributed by atoms with van der Waals surface area (Å²) >= 11 is 7.58. The van der Waals surface area contributed by atoms with Crippen LogP contribution in [-0.4, -0.2) is 51.3 Å². The van der Waals surface area contributed by atoms with Gasteiger partial charge in [0.05, 0.1) is 42.9 Å². The van der Waals surface area contributed by atoms with Gasteiger partial charge in [0.1, 0.15) is 17.5 Å². The quantitative estimate of drug-likeness (QED) is 0.566. The molecule has 5 rings (SSSR count). The third-order valence-corrected chi connectivity index (χ3v) is 7.12. The number of hydrogen-bond donors (Lipinski definition) is 1. The van der Waals surface area contributed by atoms with Crippen LogP contribution in [0.25, 0.3) is 15.8 Å². The molecule has 3 amide bonds. The molecule has 1 aromatic carbocycles. The standard InChI is InChI=1S/C21H15ClF3N5O3S/c1-33-10-2-3-13(22)11(4-10)17-5-14-18(34-17)19(31)30(20(32)28-14)16-8-26-7-15-12(16)6-27-29(15)9-21(23,24)25/h2-8,14,18H,9H2,1H3,(H,28,32). The van der Waals surface area contributed by atoms with E-state index < -0.39 is 36.0 Å². The average Bonchev–Trinajstić information content (AvgIpc) is 3.38. The van der Waals surface area contributed by atoms with Crippen LogP contribution < -0.4 is 15.0 Å². The Kier molecular flexibility index (Phi) is 5.44. The number of amides is 3. The van der Waals surface area contributed by atoms with E-state index in [1.165, 1.54) is 37.5 Å². The van der Waals surface area contributed by atoms with Crippen molar-refractivity contribution in [2.24, 2.45) is 0 Å². The lowest BCUT2D eigenvalue weighted by molar-refractivity contribution is -0.141. The molecule has 2 unspecified atom stereocenters. The van der Waals surface area contributed by atoms with Gasteiger partial charge >= 0.3 is 12.2 Å². The molecular formula is C21H15ClF3N5O3S. The molecule has 13 heteroatoms. The van der Waals surface area contributed by atoms with Crippen molar-refractivity contribution >= 4 is 56.8 Å². The smallest absolute Gasteiger partial charge is 0.408 e. The maximum absolute atomic E-state index is 13.4. The third-order valence-electron chi connectivity index (χ3n) is 5.43. The molecule has 4 heterocycles. The van der Waals surface area contributed by atoms with Crippen LogP contribution in [0.5, 0.6) is 5.75 Å². The largest absolute Gasteiger partial charge is 0.497 e. The summed E-state index contributed by atoms with van der Waals surface area (Å²) in [6, 6.07) is 3.83. The third kappa shape index (κ3) is 3.86. The Labute approximate surface area is 199 Å². The van der Waals surface area contributed by atoms with Gasteiger partial charge in [-0.15, -0.1) is 11.8 Å². The Hall–Kier alpha value is -3.25. The molecule has 1 fully saturated rings. The van der Waals surface area contributed by atoms with E-state index in [9.17, 15) is 22.8 Å². The minimum absolute atomic E-state index is 0.0543.